The number of nitrogens with zero attached hydrogens (tertiary/aromatic N) is 4. The van der Waals surface area contributed by atoms with Gasteiger partial charge in [0.2, 0.25) is 0 Å². The highest BCUT2D eigenvalue weighted by molar-refractivity contribution is 7.09. The Labute approximate surface area is 120 Å². The van der Waals surface area contributed by atoms with E-state index in [1.807, 2.05) is 12.3 Å². The van der Waals surface area contributed by atoms with Crippen LogP contribution in [0.3, 0.4) is 0 Å². The van der Waals surface area contributed by atoms with Crippen molar-refractivity contribution in [3.8, 4) is 0 Å². The molecular formula is C12H16N6OS. The predicted molar refractivity (Wildman–Crippen MR) is 74.3 cm³/mol. The molecule has 0 radical (unpaired) electrons. The molecule has 2 N–H and O–H groups in total. The molecule has 3 heterocycles. The molecule has 0 fully saturated rings. The molecule has 1 aliphatic rings. The summed E-state index contributed by atoms with van der Waals surface area (Å²) < 4.78 is 2.07. The number of carbonyl (C=O) groups is 1. The van der Waals surface area contributed by atoms with Crippen LogP contribution < -0.4 is 10.6 Å². The molecule has 8 heteroatoms. The Balaban J connectivity index is 1.47. The minimum atomic E-state index is -0.217. The summed E-state index contributed by atoms with van der Waals surface area (Å²) in [4.78, 5) is 16.0. The van der Waals surface area contributed by atoms with E-state index in [4.69, 9.17) is 0 Å². The summed E-state index contributed by atoms with van der Waals surface area (Å²) in [5.74, 6) is 1.83. The molecule has 0 bridgehead atoms. The van der Waals surface area contributed by atoms with E-state index in [1.54, 1.807) is 11.3 Å². The average molecular weight is 292 g/mol. The number of urea groups is 1. The van der Waals surface area contributed by atoms with E-state index in [-0.39, 0.29) is 6.03 Å². The zero-order valence-electron chi connectivity index (χ0n) is 11.2. The van der Waals surface area contributed by atoms with E-state index < -0.39 is 0 Å². The van der Waals surface area contributed by atoms with Gasteiger partial charge in [0, 0.05) is 18.3 Å². The lowest BCUT2D eigenvalue weighted by Gasteiger charge is -2.06. The number of thiazole rings is 1. The fraction of sp³-hybridized carbons (Fsp3) is 0.500. The highest BCUT2D eigenvalue weighted by atomic mass is 32.1. The summed E-state index contributed by atoms with van der Waals surface area (Å²) in [6, 6.07) is -0.217. The van der Waals surface area contributed by atoms with Crippen LogP contribution in [-0.2, 0) is 26.1 Å². The topological polar surface area (TPSA) is 84.7 Å². The number of carbonyl (C=O) groups excluding carboxylic acids is 1. The molecular weight excluding hydrogens is 276 g/mol. The molecule has 2 aromatic heterocycles. The lowest BCUT2D eigenvalue weighted by molar-refractivity contribution is 0.239. The van der Waals surface area contributed by atoms with Gasteiger partial charge in [-0.1, -0.05) is 0 Å². The third kappa shape index (κ3) is 2.79. The van der Waals surface area contributed by atoms with Crippen LogP contribution in [0, 0.1) is 6.92 Å². The van der Waals surface area contributed by atoms with Gasteiger partial charge in [0.15, 0.2) is 5.82 Å². The number of hydrogen-bond acceptors (Lipinski definition) is 5. The van der Waals surface area contributed by atoms with Gasteiger partial charge in [-0.3, -0.25) is 0 Å². The van der Waals surface area contributed by atoms with Crippen LogP contribution in [0.2, 0.25) is 0 Å². The van der Waals surface area contributed by atoms with Crippen LogP contribution >= 0.6 is 11.3 Å². The molecule has 7 nitrogen and oxygen atoms in total. The average Bonchev–Trinajstić information content (AvgIpc) is 3.11. The standard InChI is InChI=1S/C12H16N6OS/c1-8-15-9(7-20-8)5-13-12(19)14-6-11-17-16-10-3-2-4-18(10)11/h7H,2-6H2,1H3,(H2,13,14,19). The van der Waals surface area contributed by atoms with Crippen molar-refractivity contribution >= 4 is 17.4 Å². The summed E-state index contributed by atoms with van der Waals surface area (Å²) in [7, 11) is 0. The summed E-state index contributed by atoms with van der Waals surface area (Å²) in [5, 5.41) is 16.7. The lowest BCUT2D eigenvalue weighted by atomic mass is 10.4. The summed E-state index contributed by atoms with van der Waals surface area (Å²) in [6.07, 6.45) is 2.08. The molecule has 2 amide bonds. The zero-order chi connectivity index (χ0) is 13.9. The number of fused-ring (bicyclic) bond motifs is 1. The smallest absolute Gasteiger partial charge is 0.315 e. The van der Waals surface area contributed by atoms with Crippen molar-refractivity contribution in [3.05, 3.63) is 27.7 Å². The fourth-order valence-corrected chi connectivity index (χ4v) is 2.84. The molecule has 1 aliphatic heterocycles. The number of hydrogen-bond donors (Lipinski definition) is 2. The van der Waals surface area contributed by atoms with Crippen LogP contribution in [-0.4, -0.2) is 25.8 Å². The van der Waals surface area contributed by atoms with Crippen LogP contribution in [0.1, 0.15) is 28.8 Å². The molecule has 0 aliphatic carbocycles. The van der Waals surface area contributed by atoms with Crippen molar-refractivity contribution in [2.45, 2.75) is 39.4 Å². The Kier molecular flexibility index (Phi) is 3.64. The molecule has 0 saturated heterocycles. The second-order valence-electron chi connectivity index (χ2n) is 4.68. The summed E-state index contributed by atoms with van der Waals surface area (Å²) >= 11 is 1.58. The fourth-order valence-electron chi connectivity index (χ4n) is 2.22. The van der Waals surface area contributed by atoms with Gasteiger partial charge in [0.05, 0.1) is 23.8 Å². The van der Waals surface area contributed by atoms with Crippen molar-refractivity contribution in [2.24, 2.45) is 0 Å². The molecule has 0 unspecified atom stereocenters. The largest absolute Gasteiger partial charge is 0.332 e. The minimum Gasteiger partial charge on any atom is -0.332 e. The highest BCUT2D eigenvalue weighted by Gasteiger charge is 2.17. The Morgan fingerprint density at radius 3 is 3.05 bits per heavy atom. The van der Waals surface area contributed by atoms with Crippen LogP contribution in [0.25, 0.3) is 0 Å². The minimum absolute atomic E-state index is 0.217. The number of aromatic nitrogens is 4. The van der Waals surface area contributed by atoms with Crippen molar-refractivity contribution in [3.63, 3.8) is 0 Å². The van der Waals surface area contributed by atoms with Crippen LogP contribution in [0.5, 0.6) is 0 Å². The maximum absolute atomic E-state index is 11.7. The van der Waals surface area contributed by atoms with E-state index in [9.17, 15) is 4.79 Å². The third-order valence-electron chi connectivity index (χ3n) is 3.19. The molecule has 0 atom stereocenters. The Hall–Kier alpha value is -1.96. The van der Waals surface area contributed by atoms with Crippen molar-refractivity contribution in [2.75, 3.05) is 0 Å². The first-order valence-electron chi connectivity index (χ1n) is 6.56. The molecule has 0 aromatic carbocycles. The monoisotopic (exact) mass is 292 g/mol. The molecule has 20 heavy (non-hydrogen) atoms. The maximum Gasteiger partial charge on any atom is 0.315 e. The van der Waals surface area contributed by atoms with Crippen LogP contribution in [0.15, 0.2) is 5.38 Å². The van der Waals surface area contributed by atoms with Crippen molar-refractivity contribution in [1.82, 2.24) is 30.4 Å². The quantitative estimate of drug-likeness (QED) is 0.880. The van der Waals surface area contributed by atoms with Gasteiger partial charge in [-0.25, -0.2) is 9.78 Å². The van der Waals surface area contributed by atoms with Crippen molar-refractivity contribution in [1.29, 1.82) is 0 Å². The van der Waals surface area contributed by atoms with Crippen molar-refractivity contribution < 1.29 is 4.79 Å². The molecule has 0 saturated carbocycles. The lowest BCUT2D eigenvalue weighted by Crippen LogP contribution is -2.35. The third-order valence-corrected chi connectivity index (χ3v) is 4.01. The van der Waals surface area contributed by atoms with E-state index in [0.717, 1.165) is 41.7 Å². The Morgan fingerprint density at radius 1 is 1.40 bits per heavy atom. The van der Waals surface area contributed by atoms with Gasteiger partial charge in [-0.15, -0.1) is 21.5 Å². The normalized spacial score (nSPS) is 13.2. The van der Waals surface area contributed by atoms with E-state index >= 15 is 0 Å². The van der Waals surface area contributed by atoms with Crippen LogP contribution in [0.4, 0.5) is 4.79 Å². The van der Waals surface area contributed by atoms with E-state index in [0.29, 0.717) is 13.1 Å². The van der Waals surface area contributed by atoms with Gasteiger partial charge in [-0.05, 0) is 13.3 Å². The molecule has 3 rings (SSSR count). The van der Waals surface area contributed by atoms with Gasteiger partial charge in [-0.2, -0.15) is 0 Å². The summed E-state index contributed by atoms with van der Waals surface area (Å²) in [6.45, 7) is 3.72. The van der Waals surface area contributed by atoms with Gasteiger partial charge >= 0.3 is 6.03 Å². The predicted octanol–water partition coefficient (Wildman–Crippen LogP) is 0.989. The Morgan fingerprint density at radius 2 is 2.25 bits per heavy atom. The first-order chi connectivity index (χ1) is 9.72. The number of nitrogens with one attached hydrogen (secondary N) is 2. The highest BCUT2D eigenvalue weighted by Crippen LogP contribution is 2.13. The number of aryl methyl sites for hydroxylation is 2. The Bertz CT molecular complexity index is 619. The SMILES string of the molecule is Cc1nc(CNC(=O)NCc2nnc3n2CCC3)cs1. The molecule has 0 spiro atoms. The number of rotatable bonds is 4. The van der Waals surface area contributed by atoms with Gasteiger partial charge < -0.3 is 15.2 Å². The van der Waals surface area contributed by atoms with E-state index in [1.165, 1.54) is 0 Å². The molecule has 2 aromatic rings. The molecule has 106 valence electrons. The first kappa shape index (κ1) is 13.0. The van der Waals surface area contributed by atoms with Gasteiger partial charge in [0.25, 0.3) is 0 Å². The maximum atomic E-state index is 11.7. The first-order valence-corrected chi connectivity index (χ1v) is 7.44. The zero-order valence-corrected chi connectivity index (χ0v) is 12.0. The number of amides is 2. The van der Waals surface area contributed by atoms with E-state index in [2.05, 4.69) is 30.4 Å². The summed E-state index contributed by atoms with van der Waals surface area (Å²) in [5.41, 5.74) is 0.881. The van der Waals surface area contributed by atoms with Gasteiger partial charge in [0.1, 0.15) is 5.82 Å². The second-order valence-corrected chi connectivity index (χ2v) is 5.74. The second kappa shape index (κ2) is 5.58.